The van der Waals surface area contributed by atoms with Gasteiger partial charge in [0.15, 0.2) is 11.6 Å². The summed E-state index contributed by atoms with van der Waals surface area (Å²) in [6.45, 7) is 3.07. The van der Waals surface area contributed by atoms with Crippen molar-refractivity contribution in [3.63, 3.8) is 0 Å². The fraction of sp³-hybridized carbons (Fsp3) is 0.450. The van der Waals surface area contributed by atoms with Crippen LogP contribution in [0.4, 0.5) is 8.78 Å². The summed E-state index contributed by atoms with van der Waals surface area (Å²) in [6.07, 6.45) is 6.91. The fourth-order valence-corrected chi connectivity index (χ4v) is 4.17. The maximum absolute atomic E-state index is 13.6. The van der Waals surface area contributed by atoms with Gasteiger partial charge in [0.05, 0.1) is 6.04 Å². The molecule has 2 saturated heterocycles. The summed E-state index contributed by atoms with van der Waals surface area (Å²) in [5.74, 6) is -1.22. The molecule has 4 nitrogen and oxygen atoms in total. The van der Waals surface area contributed by atoms with Crippen LogP contribution < -0.4 is 10.9 Å². The van der Waals surface area contributed by atoms with Gasteiger partial charge in [-0.05, 0) is 61.7 Å². The monoisotopic (exact) mass is 358 g/mol. The minimum Gasteiger partial charge on any atom is -0.303 e. The van der Waals surface area contributed by atoms with Gasteiger partial charge in [0, 0.05) is 30.9 Å². The second-order valence-electron chi connectivity index (χ2n) is 7.26. The molecule has 2 aliphatic heterocycles. The van der Waals surface area contributed by atoms with Crippen molar-refractivity contribution in [2.24, 2.45) is 5.92 Å². The molecule has 0 spiro atoms. The van der Waals surface area contributed by atoms with E-state index >= 15 is 0 Å². The molecule has 26 heavy (non-hydrogen) atoms. The van der Waals surface area contributed by atoms with Gasteiger partial charge < -0.3 is 4.90 Å². The van der Waals surface area contributed by atoms with Crippen molar-refractivity contribution >= 4 is 0 Å². The number of rotatable bonds is 5. The Morgan fingerprint density at radius 3 is 2.88 bits per heavy atom. The van der Waals surface area contributed by atoms with E-state index in [0.717, 1.165) is 44.5 Å². The van der Waals surface area contributed by atoms with Gasteiger partial charge >= 0.3 is 0 Å². The molecule has 0 saturated carbocycles. The van der Waals surface area contributed by atoms with Gasteiger partial charge in [0.1, 0.15) is 0 Å². The number of fused-ring (bicyclic) bond motifs is 1. The summed E-state index contributed by atoms with van der Waals surface area (Å²) < 4.78 is 26.9. The Morgan fingerprint density at radius 2 is 2.08 bits per heavy atom. The molecule has 0 bridgehead atoms. The van der Waals surface area contributed by atoms with E-state index in [-0.39, 0.29) is 6.04 Å². The Kier molecular flexibility index (Phi) is 5.24. The first kappa shape index (κ1) is 17.5. The summed E-state index contributed by atoms with van der Waals surface area (Å²) in [5.41, 5.74) is 8.71. The minimum atomic E-state index is -0.795. The number of hydrogen-bond acceptors (Lipinski definition) is 4. The molecule has 0 radical (unpaired) electrons. The molecule has 4 rings (SSSR count). The van der Waals surface area contributed by atoms with Crippen LogP contribution in [0.15, 0.2) is 42.7 Å². The fourth-order valence-electron chi connectivity index (χ4n) is 4.17. The van der Waals surface area contributed by atoms with Crippen LogP contribution in [0, 0.1) is 17.6 Å². The molecule has 1 aromatic heterocycles. The summed E-state index contributed by atoms with van der Waals surface area (Å²) in [4.78, 5) is 6.65. The Balaban J connectivity index is 1.36. The number of pyridine rings is 1. The summed E-state index contributed by atoms with van der Waals surface area (Å²) in [5, 5.41) is 0. The van der Waals surface area contributed by atoms with E-state index in [4.69, 9.17) is 0 Å². The van der Waals surface area contributed by atoms with Crippen LogP contribution in [-0.4, -0.2) is 35.6 Å². The lowest BCUT2D eigenvalue weighted by Crippen LogP contribution is -2.45. The lowest BCUT2D eigenvalue weighted by Gasteiger charge is -2.36. The van der Waals surface area contributed by atoms with Gasteiger partial charge in [-0.25, -0.2) is 14.2 Å². The molecule has 3 heterocycles. The van der Waals surface area contributed by atoms with Crippen LogP contribution in [0.25, 0.3) is 0 Å². The predicted molar refractivity (Wildman–Crippen MR) is 96.3 cm³/mol. The second kappa shape index (κ2) is 7.78. The van der Waals surface area contributed by atoms with Gasteiger partial charge in [-0.2, -0.15) is 0 Å². The number of nitrogens with zero attached hydrogens (tertiary/aromatic N) is 2. The number of nitrogens with one attached hydrogen (secondary N) is 2. The normalized spacial score (nSPS) is 26.0. The average Bonchev–Trinajstić information content (AvgIpc) is 3.08. The first-order chi connectivity index (χ1) is 12.7. The molecule has 0 aliphatic carbocycles. The molecular weight excluding hydrogens is 334 g/mol. The van der Waals surface area contributed by atoms with Crippen molar-refractivity contribution < 1.29 is 8.78 Å². The molecule has 2 N–H and O–H groups in total. The van der Waals surface area contributed by atoms with E-state index in [2.05, 4.69) is 26.8 Å². The van der Waals surface area contributed by atoms with Crippen LogP contribution in [0.1, 0.15) is 30.0 Å². The number of hydrazine groups is 1. The summed E-state index contributed by atoms with van der Waals surface area (Å²) >= 11 is 0. The van der Waals surface area contributed by atoms with Crippen molar-refractivity contribution in [1.29, 1.82) is 0 Å². The number of piperidine rings is 1. The van der Waals surface area contributed by atoms with Crippen molar-refractivity contribution in [1.82, 2.24) is 20.7 Å². The van der Waals surface area contributed by atoms with Gasteiger partial charge in [0.2, 0.25) is 0 Å². The van der Waals surface area contributed by atoms with Gasteiger partial charge in [-0.1, -0.05) is 12.1 Å². The topological polar surface area (TPSA) is 40.2 Å². The Morgan fingerprint density at radius 1 is 1.15 bits per heavy atom. The number of benzene rings is 1. The highest BCUT2D eigenvalue weighted by Crippen LogP contribution is 2.34. The van der Waals surface area contributed by atoms with Crippen LogP contribution in [0.2, 0.25) is 0 Å². The van der Waals surface area contributed by atoms with E-state index in [0.29, 0.717) is 12.0 Å². The number of hydrogen-bond donors (Lipinski definition) is 2. The molecule has 1 aromatic carbocycles. The number of aromatic nitrogens is 1. The molecule has 0 amide bonds. The van der Waals surface area contributed by atoms with E-state index < -0.39 is 11.6 Å². The zero-order valence-electron chi connectivity index (χ0n) is 14.7. The molecule has 2 aromatic rings. The standard InChI is InChI=1S/C20H24F2N4/c21-17-6-5-15(11-18(17)22)20-16-13-26(10-7-19(16)24-25-20)9-2-4-14-3-1-8-23-12-14/h1,3,5-6,8,11-12,16,19-20,24-25H,2,4,7,9-10,13H2. The van der Waals surface area contributed by atoms with Gasteiger partial charge in [-0.15, -0.1) is 0 Å². The second-order valence-corrected chi connectivity index (χ2v) is 7.26. The third-order valence-electron chi connectivity index (χ3n) is 5.56. The number of halogens is 2. The zero-order chi connectivity index (χ0) is 17.9. The third-order valence-corrected chi connectivity index (χ3v) is 5.56. The lowest BCUT2D eigenvalue weighted by atomic mass is 9.85. The molecule has 3 atom stereocenters. The lowest BCUT2D eigenvalue weighted by molar-refractivity contribution is 0.153. The first-order valence-electron chi connectivity index (χ1n) is 9.28. The van der Waals surface area contributed by atoms with Gasteiger partial charge in [0.25, 0.3) is 0 Å². The van der Waals surface area contributed by atoms with Crippen LogP contribution in [-0.2, 0) is 6.42 Å². The van der Waals surface area contributed by atoms with Gasteiger partial charge in [-0.3, -0.25) is 10.4 Å². The maximum Gasteiger partial charge on any atom is 0.159 e. The number of likely N-dealkylation sites (tertiary alicyclic amines) is 1. The van der Waals surface area contributed by atoms with Crippen molar-refractivity contribution in [2.75, 3.05) is 19.6 Å². The first-order valence-corrected chi connectivity index (χ1v) is 9.28. The van der Waals surface area contributed by atoms with Crippen LogP contribution in [0.5, 0.6) is 0 Å². The molecule has 138 valence electrons. The van der Waals surface area contributed by atoms with Crippen molar-refractivity contribution in [2.45, 2.75) is 31.3 Å². The van der Waals surface area contributed by atoms with E-state index in [1.807, 2.05) is 12.3 Å². The van der Waals surface area contributed by atoms with Crippen LogP contribution in [0.3, 0.4) is 0 Å². The SMILES string of the molecule is Fc1ccc(C2NNC3CCN(CCCc4cccnc4)CC32)cc1F. The molecule has 2 aliphatic rings. The molecular formula is C20H24F2N4. The zero-order valence-corrected chi connectivity index (χ0v) is 14.7. The quantitative estimate of drug-likeness (QED) is 0.862. The third kappa shape index (κ3) is 3.77. The largest absolute Gasteiger partial charge is 0.303 e. The number of aryl methyl sites for hydroxylation is 1. The average molecular weight is 358 g/mol. The maximum atomic E-state index is 13.6. The van der Waals surface area contributed by atoms with E-state index in [9.17, 15) is 8.78 Å². The predicted octanol–water partition coefficient (Wildman–Crippen LogP) is 2.83. The molecule has 6 heteroatoms. The smallest absolute Gasteiger partial charge is 0.159 e. The molecule has 3 unspecified atom stereocenters. The Hall–Kier alpha value is -1.89. The Bertz CT molecular complexity index is 740. The minimum absolute atomic E-state index is 0.0104. The van der Waals surface area contributed by atoms with E-state index in [1.165, 1.54) is 17.7 Å². The van der Waals surface area contributed by atoms with Crippen LogP contribution >= 0.6 is 0 Å². The highest BCUT2D eigenvalue weighted by molar-refractivity contribution is 5.24. The highest BCUT2D eigenvalue weighted by Gasteiger charge is 2.40. The summed E-state index contributed by atoms with van der Waals surface area (Å²) in [7, 11) is 0. The highest BCUT2D eigenvalue weighted by atomic mass is 19.2. The van der Waals surface area contributed by atoms with Crippen molar-refractivity contribution in [3.05, 3.63) is 65.5 Å². The molecule has 2 fully saturated rings. The Labute approximate surface area is 152 Å². The van der Waals surface area contributed by atoms with E-state index in [1.54, 1.807) is 12.3 Å². The van der Waals surface area contributed by atoms with Crippen molar-refractivity contribution in [3.8, 4) is 0 Å². The summed E-state index contributed by atoms with van der Waals surface area (Å²) in [6, 6.07) is 8.69.